The summed E-state index contributed by atoms with van der Waals surface area (Å²) in [5.74, 6) is 0.197. The number of hydrogen-bond acceptors (Lipinski definition) is 2. The lowest BCUT2D eigenvalue weighted by molar-refractivity contribution is 0.0797. The highest BCUT2D eigenvalue weighted by molar-refractivity contribution is 7.14. The van der Waals surface area contributed by atoms with E-state index in [1.807, 2.05) is 29.4 Å². The maximum absolute atomic E-state index is 12.7. The fourth-order valence-electron chi connectivity index (χ4n) is 2.62. The first-order valence-corrected chi connectivity index (χ1v) is 7.52. The van der Waals surface area contributed by atoms with Crippen molar-refractivity contribution >= 4 is 17.2 Å². The minimum Gasteiger partial charge on any atom is -0.338 e. The topological polar surface area (TPSA) is 25.2 Å². The molecule has 3 rings (SSSR count). The Morgan fingerprint density at radius 2 is 1.79 bits per heavy atom. The standard InChI is InChI=1S/C15H18N2OS/c1-11-12(2)19-14(13(11)16-7-3-4-8-16)15(18)17-9-5-6-10-17/h3-4,7-8H,5-6,9-10H2,1-2H3. The molecule has 0 spiro atoms. The Morgan fingerprint density at radius 1 is 1.16 bits per heavy atom. The van der Waals surface area contributed by atoms with E-state index < -0.39 is 0 Å². The van der Waals surface area contributed by atoms with Gasteiger partial charge in [-0.3, -0.25) is 4.79 Å². The van der Waals surface area contributed by atoms with Crippen LogP contribution in [-0.2, 0) is 0 Å². The molecule has 0 radical (unpaired) electrons. The van der Waals surface area contributed by atoms with E-state index in [2.05, 4.69) is 18.4 Å². The van der Waals surface area contributed by atoms with Crippen molar-refractivity contribution in [2.24, 2.45) is 0 Å². The molecule has 1 aliphatic heterocycles. The number of hydrogen-bond donors (Lipinski definition) is 0. The number of aromatic nitrogens is 1. The van der Waals surface area contributed by atoms with Gasteiger partial charge in [0.15, 0.2) is 0 Å². The summed E-state index contributed by atoms with van der Waals surface area (Å²) in [6.07, 6.45) is 6.28. The Kier molecular flexibility index (Phi) is 3.19. The van der Waals surface area contributed by atoms with Crippen molar-refractivity contribution in [2.45, 2.75) is 26.7 Å². The molecular formula is C15H18N2OS. The third-order valence-electron chi connectivity index (χ3n) is 3.80. The molecule has 0 saturated carbocycles. The molecule has 100 valence electrons. The Morgan fingerprint density at radius 3 is 2.42 bits per heavy atom. The second-order valence-electron chi connectivity index (χ2n) is 5.05. The van der Waals surface area contributed by atoms with Crippen LogP contribution in [-0.4, -0.2) is 28.5 Å². The Labute approximate surface area is 117 Å². The summed E-state index contributed by atoms with van der Waals surface area (Å²) >= 11 is 1.62. The molecule has 1 amide bonds. The summed E-state index contributed by atoms with van der Waals surface area (Å²) in [5.41, 5.74) is 2.27. The first-order chi connectivity index (χ1) is 9.18. The van der Waals surface area contributed by atoms with E-state index in [9.17, 15) is 4.79 Å². The molecule has 2 aromatic rings. The number of rotatable bonds is 2. The molecule has 0 unspecified atom stereocenters. The van der Waals surface area contributed by atoms with Gasteiger partial charge in [-0.2, -0.15) is 0 Å². The molecule has 3 nitrogen and oxygen atoms in total. The quantitative estimate of drug-likeness (QED) is 0.824. The largest absolute Gasteiger partial charge is 0.338 e. The highest BCUT2D eigenvalue weighted by Gasteiger charge is 2.26. The van der Waals surface area contributed by atoms with Gasteiger partial charge in [-0.15, -0.1) is 11.3 Å². The maximum atomic E-state index is 12.7. The van der Waals surface area contributed by atoms with Gasteiger partial charge in [0.25, 0.3) is 5.91 Å². The van der Waals surface area contributed by atoms with Gasteiger partial charge >= 0.3 is 0 Å². The van der Waals surface area contributed by atoms with Crippen molar-refractivity contribution in [3.05, 3.63) is 39.8 Å². The molecule has 1 fully saturated rings. The van der Waals surface area contributed by atoms with Crippen molar-refractivity contribution in [1.82, 2.24) is 9.47 Å². The fourth-order valence-corrected chi connectivity index (χ4v) is 3.75. The lowest BCUT2D eigenvalue weighted by atomic mass is 10.2. The van der Waals surface area contributed by atoms with Gasteiger partial charge in [-0.05, 0) is 44.4 Å². The molecule has 0 aromatic carbocycles. The summed E-state index contributed by atoms with van der Waals surface area (Å²) in [5, 5.41) is 0. The summed E-state index contributed by atoms with van der Waals surface area (Å²) in [7, 11) is 0. The second-order valence-corrected chi connectivity index (χ2v) is 6.28. The first-order valence-electron chi connectivity index (χ1n) is 6.71. The van der Waals surface area contributed by atoms with Gasteiger partial charge in [0.1, 0.15) is 4.88 Å². The van der Waals surface area contributed by atoms with E-state index in [-0.39, 0.29) is 5.91 Å². The summed E-state index contributed by atoms with van der Waals surface area (Å²) in [6, 6.07) is 3.99. The fraction of sp³-hybridized carbons (Fsp3) is 0.400. The molecule has 4 heteroatoms. The third kappa shape index (κ3) is 2.10. The van der Waals surface area contributed by atoms with Gasteiger partial charge in [0.05, 0.1) is 5.69 Å². The van der Waals surface area contributed by atoms with Crippen molar-refractivity contribution in [3.63, 3.8) is 0 Å². The maximum Gasteiger partial charge on any atom is 0.266 e. The van der Waals surface area contributed by atoms with Crippen LogP contribution in [0.4, 0.5) is 0 Å². The zero-order valence-electron chi connectivity index (χ0n) is 11.3. The van der Waals surface area contributed by atoms with E-state index >= 15 is 0 Å². The third-order valence-corrected chi connectivity index (χ3v) is 4.99. The normalized spacial score (nSPS) is 15.2. The van der Waals surface area contributed by atoms with Crippen LogP contribution >= 0.6 is 11.3 Å². The number of thiophene rings is 1. The van der Waals surface area contributed by atoms with E-state index in [0.29, 0.717) is 0 Å². The van der Waals surface area contributed by atoms with Crippen LogP contribution in [0.5, 0.6) is 0 Å². The average Bonchev–Trinajstić information content (AvgIpc) is 3.11. The molecule has 0 atom stereocenters. The summed E-state index contributed by atoms with van der Waals surface area (Å²) < 4.78 is 2.06. The van der Waals surface area contributed by atoms with Crippen LogP contribution in [0.2, 0.25) is 0 Å². The number of nitrogens with zero attached hydrogens (tertiary/aromatic N) is 2. The van der Waals surface area contributed by atoms with Gasteiger partial charge < -0.3 is 9.47 Å². The van der Waals surface area contributed by atoms with Crippen LogP contribution in [0, 0.1) is 13.8 Å². The molecule has 2 aromatic heterocycles. The van der Waals surface area contributed by atoms with Crippen molar-refractivity contribution in [2.75, 3.05) is 13.1 Å². The van der Waals surface area contributed by atoms with E-state index in [4.69, 9.17) is 0 Å². The predicted octanol–water partition coefficient (Wildman–Crippen LogP) is 3.39. The number of carbonyl (C=O) groups is 1. The van der Waals surface area contributed by atoms with Crippen molar-refractivity contribution in [1.29, 1.82) is 0 Å². The van der Waals surface area contributed by atoms with Crippen molar-refractivity contribution in [3.8, 4) is 5.69 Å². The lowest BCUT2D eigenvalue weighted by Gasteiger charge is -2.15. The number of aryl methyl sites for hydroxylation is 1. The lowest BCUT2D eigenvalue weighted by Crippen LogP contribution is -2.27. The van der Waals surface area contributed by atoms with E-state index in [0.717, 1.165) is 36.5 Å². The zero-order valence-corrected chi connectivity index (χ0v) is 12.2. The molecule has 1 saturated heterocycles. The predicted molar refractivity (Wildman–Crippen MR) is 78.3 cm³/mol. The van der Waals surface area contributed by atoms with Crippen LogP contribution in [0.15, 0.2) is 24.5 Å². The molecule has 1 aliphatic rings. The summed E-state index contributed by atoms with van der Waals surface area (Å²) in [6.45, 7) is 6.00. The monoisotopic (exact) mass is 274 g/mol. The van der Waals surface area contributed by atoms with Gasteiger partial charge in [-0.25, -0.2) is 0 Å². The number of amides is 1. The minimum atomic E-state index is 0.197. The first kappa shape index (κ1) is 12.5. The summed E-state index contributed by atoms with van der Waals surface area (Å²) in [4.78, 5) is 16.7. The van der Waals surface area contributed by atoms with Gasteiger partial charge in [0.2, 0.25) is 0 Å². The second kappa shape index (κ2) is 4.85. The highest BCUT2D eigenvalue weighted by Crippen LogP contribution is 2.32. The average molecular weight is 274 g/mol. The van der Waals surface area contributed by atoms with Crippen LogP contribution in [0.3, 0.4) is 0 Å². The number of carbonyl (C=O) groups excluding carboxylic acids is 1. The number of likely N-dealkylation sites (tertiary alicyclic amines) is 1. The molecule has 3 heterocycles. The van der Waals surface area contributed by atoms with Gasteiger partial charge in [0, 0.05) is 30.4 Å². The molecule has 0 N–H and O–H groups in total. The van der Waals surface area contributed by atoms with Crippen LogP contribution in [0.25, 0.3) is 5.69 Å². The molecular weight excluding hydrogens is 256 g/mol. The smallest absolute Gasteiger partial charge is 0.266 e. The van der Waals surface area contributed by atoms with Crippen LogP contribution in [0.1, 0.15) is 33.0 Å². The zero-order chi connectivity index (χ0) is 13.4. The Balaban J connectivity index is 2.06. The van der Waals surface area contributed by atoms with E-state index in [1.54, 1.807) is 11.3 Å². The van der Waals surface area contributed by atoms with Crippen molar-refractivity contribution < 1.29 is 4.79 Å². The molecule has 19 heavy (non-hydrogen) atoms. The van der Waals surface area contributed by atoms with E-state index in [1.165, 1.54) is 10.4 Å². The Bertz CT molecular complexity index is 592. The van der Waals surface area contributed by atoms with Crippen LogP contribution < -0.4 is 0 Å². The molecule has 0 aliphatic carbocycles. The minimum absolute atomic E-state index is 0.197. The highest BCUT2D eigenvalue weighted by atomic mass is 32.1. The SMILES string of the molecule is Cc1sc(C(=O)N2CCCC2)c(-n2cccc2)c1C. The Hall–Kier alpha value is -1.55. The van der Waals surface area contributed by atoms with Gasteiger partial charge in [-0.1, -0.05) is 0 Å². The molecule has 0 bridgehead atoms.